The Balaban J connectivity index is 2.58. The molecule has 0 spiro atoms. The molecule has 0 radical (unpaired) electrons. The number of carbonyl (C=O) groups excluding carboxylic acids is 1. The topological polar surface area (TPSA) is 29.1 Å². The van der Waals surface area contributed by atoms with Gasteiger partial charge in [-0.25, -0.2) is 0 Å². The van der Waals surface area contributed by atoms with Crippen molar-refractivity contribution in [1.29, 1.82) is 0 Å². The minimum Gasteiger partial charge on any atom is -0.356 e. The molecule has 1 aliphatic heterocycles. The van der Waals surface area contributed by atoms with Gasteiger partial charge < -0.3 is 5.32 Å². The molecule has 1 rings (SSSR count). The van der Waals surface area contributed by atoms with E-state index >= 15 is 0 Å². The number of amides is 1. The van der Waals surface area contributed by atoms with Crippen LogP contribution in [-0.2, 0) is 4.79 Å². The molecule has 2 unspecified atom stereocenters. The zero-order valence-electron chi connectivity index (χ0n) is 8.97. The Hall–Kier alpha value is -0.530. The third-order valence-corrected chi connectivity index (χ3v) is 3.26. The first kappa shape index (κ1) is 10.6. The smallest absolute Gasteiger partial charge is 0.223 e. The van der Waals surface area contributed by atoms with Crippen LogP contribution in [0.25, 0.3) is 0 Å². The molecule has 0 bridgehead atoms. The SMILES string of the molecule is CC(C)C(C)C1CCCCNC1=O. The summed E-state index contributed by atoms with van der Waals surface area (Å²) in [6, 6.07) is 0. The van der Waals surface area contributed by atoms with Crippen molar-refractivity contribution < 1.29 is 4.79 Å². The molecule has 0 aliphatic carbocycles. The van der Waals surface area contributed by atoms with Gasteiger partial charge in [-0.1, -0.05) is 27.2 Å². The third-order valence-electron chi connectivity index (χ3n) is 3.26. The van der Waals surface area contributed by atoms with Crippen molar-refractivity contribution in [3.63, 3.8) is 0 Å². The van der Waals surface area contributed by atoms with Gasteiger partial charge in [-0.3, -0.25) is 4.79 Å². The van der Waals surface area contributed by atoms with Crippen molar-refractivity contribution in [3.05, 3.63) is 0 Å². The molecule has 0 saturated carbocycles. The van der Waals surface area contributed by atoms with E-state index in [9.17, 15) is 4.79 Å². The lowest BCUT2D eigenvalue weighted by Gasteiger charge is -2.24. The predicted molar refractivity (Wildman–Crippen MR) is 54.4 cm³/mol. The monoisotopic (exact) mass is 183 g/mol. The van der Waals surface area contributed by atoms with Crippen molar-refractivity contribution >= 4 is 5.91 Å². The Labute approximate surface area is 81.1 Å². The highest BCUT2D eigenvalue weighted by Crippen LogP contribution is 2.26. The molecule has 76 valence electrons. The van der Waals surface area contributed by atoms with Gasteiger partial charge in [0.15, 0.2) is 0 Å². The molecule has 1 aliphatic rings. The molecular weight excluding hydrogens is 162 g/mol. The van der Waals surface area contributed by atoms with Crippen LogP contribution in [0, 0.1) is 17.8 Å². The summed E-state index contributed by atoms with van der Waals surface area (Å²) in [5.41, 5.74) is 0. The lowest BCUT2D eigenvalue weighted by atomic mass is 9.82. The molecule has 1 heterocycles. The summed E-state index contributed by atoms with van der Waals surface area (Å²) in [4.78, 5) is 11.6. The molecule has 2 atom stereocenters. The Bertz CT molecular complexity index is 177. The Kier molecular flexibility index (Phi) is 3.76. The summed E-state index contributed by atoms with van der Waals surface area (Å²) >= 11 is 0. The second kappa shape index (κ2) is 4.64. The zero-order valence-corrected chi connectivity index (χ0v) is 8.97. The molecule has 0 aromatic carbocycles. The number of nitrogens with one attached hydrogen (secondary N) is 1. The molecule has 13 heavy (non-hydrogen) atoms. The molecule has 1 fully saturated rings. The van der Waals surface area contributed by atoms with Gasteiger partial charge in [0.25, 0.3) is 0 Å². The second-order valence-corrected chi connectivity index (χ2v) is 4.50. The lowest BCUT2D eigenvalue weighted by molar-refractivity contribution is -0.126. The average molecular weight is 183 g/mol. The summed E-state index contributed by atoms with van der Waals surface area (Å²) in [6.45, 7) is 7.46. The lowest BCUT2D eigenvalue weighted by Crippen LogP contribution is -2.34. The van der Waals surface area contributed by atoms with E-state index in [1.54, 1.807) is 0 Å². The summed E-state index contributed by atoms with van der Waals surface area (Å²) in [5, 5.41) is 2.99. The molecule has 2 heteroatoms. The van der Waals surface area contributed by atoms with Crippen LogP contribution >= 0.6 is 0 Å². The van der Waals surface area contributed by atoms with E-state index in [1.807, 2.05) is 0 Å². The fourth-order valence-corrected chi connectivity index (χ4v) is 1.93. The van der Waals surface area contributed by atoms with Crippen molar-refractivity contribution in [1.82, 2.24) is 5.32 Å². The van der Waals surface area contributed by atoms with Gasteiger partial charge >= 0.3 is 0 Å². The van der Waals surface area contributed by atoms with Gasteiger partial charge in [0.2, 0.25) is 5.91 Å². The number of rotatable bonds is 2. The largest absolute Gasteiger partial charge is 0.356 e. The Morgan fingerprint density at radius 3 is 2.62 bits per heavy atom. The highest BCUT2D eigenvalue weighted by Gasteiger charge is 2.27. The van der Waals surface area contributed by atoms with Gasteiger partial charge in [0.05, 0.1) is 0 Å². The molecule has 0 aromatic heterocycles. The van der Waals surface area contributed by atoms with E-state index in [2.05, 4.69) is 26.1 Å². The van der Waals surface area contributed by atoms with Crippen molar-refractivity contribution in [2.75, 3.05) is 6.54 Å². The molecule has 1 N–H and O–H groups in total. The maximum atomic E-state index is 11.6. The summed E-state index contributed by atoms with van der Waals surface area (Å²) in [7, 11) is 0. The summed E-state index contributed by atoms with van der Waals surface area (Å²) in [6.07, 6.45) is 3.42. The average Bonchev–Trinajstić information content (AvgIpc) is 2.28. The van der Waals surface area contributed by atoms with E-state index in [0.717, 1.165) is 19.4 Å². The van der Waals surface area contributed by atoms with Gasteiger partial charge in [-0.05, 0) is 24.7 Å². The zero-order chi connectivity index (χ0) is 9.84. The summed E-state index contributed by atoms with van der Waals surface area (Å²) in [5.74, 6) is 1.65. The van der Waals surface area contributed by atoms with E-state index in [1.165, 1.54) is 6.42 Å². The third kappa shape index (κ3) is 2.71. The molecule has 1 saturated heterocycles. The highest BCUT2D eigenvalue weighted by molar-refractivity contribution is 5.79. The van der Waals surface area contributed by atoms with Crippen LogP contribution in [-0.4, -0.2) is 12.5 Å². The van der Waals surface area contributed by atoms with Crippen molar-refractivity contribution in [3.8, 4) is 0 Å². The van der Waals surface area contributed by atoms with Gasteiger partial charge in [0, 0.05) is 12.5 Å². The number of hydrogen-bond donors (Lipinski definition) is 1. The van der Waals surface area contributed by atoms with Crippen LogP contribution in [0.3, 0.4) is 0 Å². The first-order valence-corrected chi connectivity index (χ1v) is 5.40. The van der Waals surface area contributed by atoms with Gasteiger partial charge in [-0.2, -0.15) is 0 Å². The van der Waals surface area contributed by atoms with Crippen LogP contribution in [0.2, 0.25) is 0 Å². The molecular formula is C11H21NO. The predicted octanol–water partition coefficient (Wildman–Crippen LogP) is 2.19. The number of carbonyl (C=O) groups is 1. The fraction of sp³-hybridized carbons (Fsp3) is 0.909. The Morgan fingerprint density at radius 2 is 2.00 bits per heavy atom. The normalized spacial score (nSPS) is 26.8. The molecule has 1 amide bonds. The fourth-order valence-electron chi connectivity index (χ4n) is 1.93. The van der Waals surface area contributed by atoms with Crippen LogP contribution < -0.4 is 5.32 Å². The second-order valence-electron chi connectivity index (χ2n) is 4.50. The standard InChI is InChI=1S/C11H21NO/c1-8(2)9(3)10-6-4-5-7-12-11(10)13/h8-10H,4-7H2,1-3H3,(H,12,13). The van der Waals surface area contributed by atoms with Crippen LogP contribution in [0.15, 0.2) is 0 Å². The molecule has 0 aromatic rings. The Morgan fingerprint density at radius 1 is 1.31 bits per heavy atom. The number of hydrogen-bond acceptors (Lipinski definition) is 1. The van der Waals surface area contributed by atoms with E-state index in [0.29, 0.717) is 11.8 Å². The maximum Gasteiger partial charge on any atom is 0.223 e. The van der Waals surface area contributed by atoms with Gasteiger partial charge in [0.1, 0.15) is 0 Å². The van der Waals surface area contributed by atoms with E-state index < -0.39 is 0 Å². The summed E-state index contributed by atoms with van der Waals surface area (Å²) < 4.78 is 0. The maximum absolute atomic E-state index is 11.6. The molecule has 2 nitrogen and oxygen atoms in total. The van der Waals surface area contributed by atoms with Gasteiger partial charge in [-0.15, -0.1) is 0 Å². The highest BCUT2D eigenvalue weighted by atomic mass is 16.1. The van der Waals surface area contributed by atoms with Crippen LogP contribution in [0.1, 0.15) is 40.0 Å². The minimum atomic E-state index is 0.252. The van der Waals surface area contributed by atoms with Crippen LogP contribution in [0.4, 0.5) is 0 Å². The van der Waals surface area contributed by atoms with E-state index in [-0.39, 0.29) is 11.8 Å². The van der Waals surface area contributed by atoms with E-state index in [4.69, 9.17) is 0 Å². The van der Waals surface area contributed by atoms with Crippen molar-refractivity contribution in [2.24, 2.45) is 17.8 Å². The van der Waals surface area contributed by atoms with Crippen molar-refractivity contribution in [2.45, 2.75) is 40.0 Å². The first-order chi connectivity index (χ1) is 6.13. The van der Waals surface area contributed by atoms with Crippen LogP contribution in [0.5, 0.6) is 0 Å². The first-order valence-electron chi connectivity index (χ1n) is 5.40. The minimum absolute atomic E-state index is 0.252. The quantitative estimate of drug-likeness (QED) is 0.698.